The first-order valence-electron chi connectivity index (χ1n) is 6.54. The molecule has 1 amide bonds. The fourth-order valence-electron chi connectivity index (χ4n) is 2.28. The average molecular weight is 275 g/mol. The summed E-state index contributed by atoms with van der Waals surface area (Å²) in [5.74, 6) is -1.73. The molecule has 1 aromatic rings. The van der Waals surface area contributed by atoms with Crippen LogP contribution in [0.2, 0.25) is 0 Å². The number of amides is 1. The zero-order valence-electron chi connectivity index (χ0n) is 11.4. The molecule has 106 valence electrons. The predicted octanol–water partition coefficient (Wildman–Crippen LogP) is 0.820. The lowest BCUT2D eigenvalue weighted by atomic mass is 10.1. The van der Waals surface area contributed by atoms with E-state index in [1.165, 1.54) is 12.0 Å². The van der Waals surface area contributed by atoms with E-state index in [9.17, 15) is 14.4 Å². The minimum atomic E-state index is -0.819. The molecule has 1 aliphatic rings. The maximum Gasteiger partial charge on any atom is 0.318 e. The van der Waals surface area contributed by atoms with E-state index in [-0.39, 0.29) is 24.8 Å². The number of methoxy groups -OCH3 is 1. The van der Waals surface area contributed by atoms with Gasteiger partial charge in [0, 0.05) is 13.0 Å². The van der Waals surface area contributed by atoms with Crippen LogP contribution in [0.5, 0.6) is 0 Å². The molecular formula is C15H17NO4. The van der Waals surface area contributed by atoms with Crippen LogP contribution in [-0.2, 0) is 25.5 Å². The normalized spacial score (nSPS) is 18.1. The molecule has 0 N–H and O–H groups in total. The number of esters is 1. The summed E-state index contributed by atoms with van der Waals surface area (Å²) in [5.41, 5.74) is 1.08. The predicted molar refractivity (Wildman–Crippen MR) is 71.9 cm³/mol. The summed E-state index contributed by atoms with van der Waals surface area (Å²) in [6, 6.07) is 9.68. The minimum Gasteiger partial charge on any atom is -0.468 e. The van der Waals surface area contributed by atoms with Gasteiger partial charge in [-0.05, 0) is 12.0 Å². The zero-order chi connectivity index (χ0) is 14.5. The SMILES string of the molecule is COC(=O)C1CN(C(=O)CCc2ccccc2)CC1=O. The monoisotopic (exact) mass is 275 g/mol. The first-order valence-corrected chi connectivity index (χ1v) is 6.54. The van der Waals surface area contributed by atoms with E-state index in [2.05, 4.69) is 4.74 Å². The van der Waals surface area contributed by atoms with Gasteiger partial charge in [0.2, 0.25) is 5.91 Å². The van der Waals surface area contributed by atoms with Crippen LogP contribution >= 0.6 is 0 Å². The van der Waals surface area contributed by atoms with Gasteiger partial charge in [0.15, 0.2) is 5.78 Å². The molecule has 0 radical (unpaired) electrons. The molecule has 1 atom stereocenters. The number of aryl methyl sites for hydroxylation is 1. The number of carbonyl (C=O) groups excluding carboxylic acids is 3. The molecule has 2 rings (SSSR count). The van der Waals surface area contributed by atoms with Crippen LogP contribution in [0.15, 0.2) is 30.3 Å². The summed E-state index contributed by atoms with van der Waals surface area (Å²) >= 11 is 0. The smallest absolute Gasteiger partial charge is 0.318 e. The highest BCUT2D eigenvalue weighted by Gasteiger charge is 2.38. The highest BCUT2D eigenvalue weighted by molar-refractivity contribution is 6.03. The van der Waals surface area contributed by atoms with Gasteiger partial charge >= 0.3 is 5.97 Å². The molecule has 1 aromatic carbocycles. The summed E-state index contributed by atoms with van der Waals surface area (Å²) in [4.78, 5) is 36.5. The van der Waals surface area contributed by atoms with Crippen molar-refractivity contribution >= 4 is 17.7 Å². The van der Waals surface area contributed by atoms with Crippen molar-refractivity contribution in [3.63, 3.8) is 0 Å². The minimum absolute atomic E-state index is 0.00733. The van der Waals surface area contributed by atoms with Gasteiger partial charge < -0.3 is 9.64 Å². The van der Waals surface area contributed by atoms with Crippen molar-refractivity contribution in [1.82, 2.24) is 4.90 Å². The quantitative estimate of drug-likeness (QED) is 0.603. The fourth-order valence-corrected chi connectivity index (χ4v) is 2.28. The summed E-state index contributed by atoms with van der Waals surface area (Å²) < 4.78 is 4.56. The first-order chi connectivity index (χ1) is 9.61. The Morgan fingerprint density at radius 3 is 2.65 bits per heavy atom. The zero-order valence-corrected chi connectivity index (χ0v) is 11.4. The van der Waals surface area contributed by atoms with E-state index in [4.69, 9.17) is 0 Å². The van der Waals surface area contributed by atoms with E-state index in [0.717, 1.165) is 5.56 Å². The number of benzene rings is 1. The number of hydrogen-bond donors (Lipinski definition) is 0. The van der Waals surface area contributed by atoms with Crippen LogP contribution in [0.25, 0.3) is 0 Å². The van der Waals surface area contributed by atoms with Crippen molar-refractivity contribution in [1.29, 1.82) is 0 Å². The lowest BCUT2D eigenvalue weighted by molar-refractivity contribution is -0.147. The molecule has 1 saturated heterocycles. The van der Waals surface area contributed by atoms with Gasteiger partial charge in [0.05, 0.1) is 13.7 Å². The maximum atomic E-state index is 12.0. The van der Waals surface area contributed by atoms with Gasteiger partial charge in [-0.15, -0.1) is 0 Å². The van der Waals surface area contributed by atoms with Gasteiger partial charge in [-0.1, -0.05) is 30.3 Å². The van der Waals surface area contributed by atoms with E-state index >= 15 is 0 Å². The molecule has 20 heavy (non-hydrogen) atoms. The summed E-state index contributed by atoms with van der Waals surface area (Å²) in [7, 11) is 1.25. The Morgan fingerprint density at radius 1 is 1.30 bits per heavy atom. The third-order valence-corrected chi connectivity index (χ3v) is 3.45. The van der Waals surface area contributed by atoms with Gasteiger partial charge in [-0.2, -0.15) is 0 Å². The number of hydrogen-bond acceptors (Lipinski definition) is 4. The molecule has 1 aliphatic heterocycles. The van der Waals surface area contributed by atoms with Crippen molar-refractivity contribution in [2.45, 2.75) is 12.8 Å². The van der Waals surface area contributed by atoms with Crippen LogP contribution in [0.1, 0.15) is 12.0 Å². The van der Waals surface area contributed by atoms with E-state index in [1.807, 2.05) is 30.3 Å². The van der Waals surface area contributed by atoms with Crippen LogP contribution in [0.4, 0.5) is 0 Å². The summed E-state index contributed by atoms with van der Waals surface area (Å²) in [6.07, 6.45) is 0.971. The van der Waals surface area contributed by atoms with Crippen molar-refractivity contribution < 1.29 is 19.1 Å². The van der Waals surface area contributed by atoms with Gasteiger partial charge in [0.1, 0.15) is 5.92 Å². The van der Waals surface area contributed by atoms with Crippen LogP contribution in [-0.4, -0.2) is 42.8 Å². The van der Waals surface area contributed by atoms with Crippen molar-refractivity contribution in [2.75, 3.05) is 20.2 Å². The highest BCUT2D eigenvalue weighted by Crippen LogP contribution is 2.16. The average Bonchev–Trinajstić information content (AvgIpc) is 2.87. The van der Waals surface area contributed by atoms with E-state index < -0.39 is 11.9 Å². The Labute approximate surface area is 117 Å². The molecule has 1 unspecified atom stereocenters. The molecule has 0 bridgehead atoms. The number of likely N-dealkylation sites (tertiary alicyclic amines) is 1. The number of ether oxygens (including phenoxy) is 1. The largest absolute Gasteiger partial charge is 0.468 e. The van der Waals surface area contributed by atoms with Gasteiger partial charge in [0.25, 0.3) is 0 Å². The van der Waals surface area contributed by atoms with Crippen molar-refractivity contribution in [3.8, 4) is 0 Å². The Balaban J connectivity index is 1.88. The third kappa shape index (κ3) is 3.23. The number of rotatable bonds is 4. The van der Waals surface area contributed by atoms with Crippen LogP contribution < -0.4 is 0 Å². The molecule has 0 aromatic heterocycles. The van der Waals surface area contributed by atoms with Crippen molar-refractivity contribution in [2.24, 2.45) is 5.92 Å². The molecule has 0 spiro atoms. The van der Waals surface area contributed by atoms with E-state index in [0.29, 0.717) is 12.8 Å². The second kappa shape index (κ2) is 6.32. The van der Waals surface area contributed by atoms with Gasteiger partial charge in [-0.25, -0.2) is 0 Å². The first kappa shape index (κ1) is 14.2. The van der Waals surface area contributed by atoms with Crippen molar-refractivity contribution in [3.05, 3.63) is 35.9 Å². The molecule has 5 nitrogen and oxygen atoms in total. The third-order valence-electron chi connectivity index (χ3n) is 3.45. The molecule has 0 aliphatic carbocycles. The molecule has 0 saturated carbocycles. The highest BCUT2D eigenvalue weighted by atomic mass is 16.5. The number of nitrogens with zero attached hydrogens (tertiary/aromatic N) is 1. The summed E-state index contributed by atoms with van der Waals surface area (Å²) in [6.45, 7) is 0.145. The van der Waals surface area contributed by atoms with E-state index in [1.54, 1.807) is 0 Å². The Hall–Kier alpha value is -2.17. The fraction of sp³-hybridized carbons (Fsp3) is 0.400. The Morgan fingerprint density at radius 2 is 2.00 bits per heavy atom. The Kier molecular flexibility index (Phi) is 4.50. The lowest BCUT2D eigenvalue weighted by Crippen LogP contribution is -2.30. The number of carbonyl (C=O) groups is 3. The molecule has 1 fully saturated rings. The second-order valence-corrected chi connectivity index (χ2v) is 4.80. The second-order valence-electron chi connectivity index (χ2n) is 4.80. The summed E-state index contributed by atoms with van der Waals surface area (Å²) in [5, 5.41) is 0. The van der Waals surface area contributed by atoms with Crippen LogP contribution in [0, 0.1) is 5.92 Å². The molecule has 5 heteroatoms. The standard InChI is InChI=1S/C15H17NO4/c1-20-15(19)12-9-16(10-13(12)17)14(18)8-7-11-5-3-2-4-6-11/h2-6,12H,7-10H2,1H3. The molecular weight excluding hydrogens is 258 g/mol. The lowest BCUT2D eigenvalue weighted by Gasteiger charge is -2.14. The number of Topliss-reactive ketones (excluding diaryl/α,β-unsaturated/α-hetero) is 1. The topological polar surface area (TPSA) is 63.7 Å². The maximum absolute atomic E-state index is 12.0. The molecule has 1 heterocycles. The van der Waals surface area contributed by atoms with Crippen LogP contribution in [0.3, 0.4) is 0 Å². The Bertz CT molecular complexity index is 512. The van der Waals surface area contributed by atoms with Gasteiger partial charge in [-0.3, -0.25) is 14.4 Å². The number of ketones is 1.